The highest BCUT2D eigenvalue weighted by Crippen LogP contribution is 2.28. The highest BCUT2D eigenvalue weighted by molar-refractivity contribution is 6.00. The lowest BCUT2D eigenvalue weighted by Gasteiger charge is -2.25. The van der Waals surface area contributed by atoms with Crippen molar-refractivity contribution in [3.8, 4) is 11.5 Å². The van der Waals surface area contributed by atoms with Crippen LogP contribution in [0.4, 0.5) is 5.69 Å². The minimum atomic E-state index is -0.774. The minimum absolute atomic E-state index is 0.0665. The van der Waals surface area contributed by atoms with E-state index >= 15 is 0 Å². The summed E-state index contributed by atoms with van der Waals surface area (Å²) in [7, 11) is 1.50. The third-order valence-electron chi connectivity index (χ3n) is 3.51. The zero-order valence-electron chi connectivity index (χ0n) is 12.5. The summed E-state index contributed by atoms with van der Waals surface area (Å²) in [5.74, 6) is 0.453. The molecule has 6 heteroatoms. The third-order valence-corrected chi connectivity index (χ3v) is 3.51. The van der Waals surface area contributed by atoms with E-state index in [1.807, 2.05) is 12.1 Å². The van der Waals surface area contributed by atoms with E-state index in [0.717, 1.165) is 0 Å². The fourth-order valence-electron chi connectivity index (χ4n) is 2.34. The van der Waals surface area contributed by atoms with Gasteiger partial charge in [-0.3, -0.25) is 9.59 Å². The largest absolute Gasteiger partial charge is 0.496 e. The molecule has 0 spiro atoms. The fraction of sp³-hybridized carbons (Fsp3) is 0.176. The van der Waals surface area contributed by atoms with E-state index in [1.165, 1.54) is 7.11 Å². The van der Waals surface area contributed by atoms with Gasteiger partial charge in [-0.1, -0.05) is 24.3 Å². The lowest BCUT2D eigenvalue weighted by molar-refractivity contribution is -0.123. The Morgan fingerprint density at radius 2 is 1.96 bits per heavy atom. The van der Waals surface area contributed by atoms with Crippen molar-refractivity contribution in [3.63, 3.8) is 0 Å². The van der Waals surface area contributed by atoms with Crippen LogP contribution in [0.1, 0.15) is 10.4 Å². The molecule has 3 rings (SSSR count). The van der Waals surface area contributed by atoms with E-state index in [2.05, 4.69) is 10.6 Å². The van der Waals surface area contributed by atoms with E-state index in [0.29, 0.717) is 22.7 Å². The van der Waals surface area contributed by atoms with Crippen molar-refractivity contribution < 1.29 is 19.1 Å². The van der Waals surface area contributed by atoms with Crippen LogP contribution in [0.5, 0.6) is 11.5 Å². The normalized spacial score (nSPS) is 15.9. The summed E-state index contributed by atoms with van der Waals surface area (Å²) < 4.78 is 10.8. The summed E-state index contributed by atoms with van der Waals surface area (Å²) in [5, 5.41) is 5.46. The van der Waals surface area contributed by atoms with Crippen LogP contribution in [0.3, 0.4) is 0 Å². The maximum absolute atomic E-state index is 12.2. The number of benzene rings is 2. The lowest BCUT2D eigenvalue weighted by atomic mass is 10.1. The van der Waals surface area contributed by atoms with Gasteiger partial charge in [-0.05, 0) is 24.3 Å². The van der Waals surface area contributed by atoms with Crippen LogP contribution in [-0.2, 0) is 4.79 Å². The number of hydrogen-bond donors (Lipinski definition) is 2. The number of methoxy groups -OCH3 is 1. The maximum atomic E-state index is 12.2. The van der Waals surface area contributed by atoms with E-state index in [1.54, 1.807) is 36.4 Å². The lowest BCUT2D eigenvalue weighted by Crippen LogP contribution is -2.45. The molecular weight excluding hydrogens is 296 g/mol. The molecule has 1 heterocycles. The highest BCUT2D eigenvalue weighted by Gasteiger charge is 2.28. The van der Waals surface area contributed by atoms with Crippen LogP contribution in [0.2, 0.25) is 0 Å². The molecule has 0 saturated heterocycles. The molecule has 0 fully saturated rings. The number of nitrogens with one attached hydrogen (secondary N) is 2. The Morgan fingerprint density at radius 1 is 1.22 bits per heavy atom. The van der Waals surface area contributed by atoms with E-state index < -0.39 is 6.10 Å². The molecule has 2 aromatic rings. The van der Waals surface area contributed by atoms with Gasteiger partial charge in [0.2, 0.25) is 0 Å². The summed E-state index contributed by atoms with van der Waals surface area (Å²) in [6.07, 6.45) is -0.774. The molecule has 0 saturated carbocycles. The van der Waals surface area contributed by atoms with E-state index in [9.17, 15) is 9.59 Å². The molecule has 2 N–H and O–H groups in total. The summed E-state index contributed by atoms with van der Waals surface area (Å²) in [6, 6.07) is 14.1. The molecule has 1 aliphatic heterocycles. The van der Waals surface area contributed by atoms with Crippen molar-refractivity contribution in [1.29, 1.82) is 0 Å². The first-order chi connectivity index (χ1) is 11.2. The highest BCUT2D eigenvalue weighted by atomic mass is 16.5. The quantitative estimate of drug-likeness (QED) is 0.903. The number of carbonyl (C=O) groups is 2. The van der Waals surface area contributed by atoms with Crippen molar-refractivity contribution in [2.75, 3.05) is 19.0 Å². The first-order valence-corrected chi connectivity index (χ1v) is 7.17. The first kappa shape index (κ1) is 14.9. The summed E-state index contributed by atoms with van der Waals surface area (Å²) >= 11 is 0. The second-order valence-corrected chi connectivity index (χ2v) is 5.00. The molecule has 6 nitrogen and oxygen atoms in total. The number of para-hydroxylation sites is 3. The predicted molar refractivity (Wildman–Crippen MR) is 84.8 cm³/mol. The van der Waals surface area contributed by atoms with Crippen molar-refractivity contribution in [3.05, 3.63) is 54.1 Å². The van der Waals surface area contributed by atoms with E-state index in [-0.39, 0.29) is 18.4 Å². The van der Waals surface area contributed by atoms with Crippen LogP contribution in [0, 0.1) is 0 Å². The van der Waals surface area contributed by atoms with Crippen LogP contribution >= 0.6 is 0 Å². The Bertz CT molecular complexity index is 745. The van der Waals surface area contributed by atoms with Gasteiger partial charge in [0.05, 0.1) is 24.9 Å². The molecule has 2 aromatic carbocycles. The molecule has 0 aromatic heterocycles. The van der Waals surface area contributed by atoms with Crippen LogP contribution in [-0.4, -0.2) is 31.6 Å². The van der Waals surface area contributed by atoms with Gasteiger partial charge < -0.3 is 20.1 Å². The molecule has 0 radical (unpaired) electrons. The predicted octanol–water partition coefficient (Wildman–Crippen LogP) is 1.82. The minimum Gasteiger partial charge on any atom is -0.496 e. The monoisotopic (exact) mass is 312 g/mol. The standard InChI is InChI=1S/C17H16N2O4/c1-22-13-8-4-2-6-11(13)16(20)18-10-15-17(21)19-12-7-3-5-9-14(12)23-15/h2-9,15H,10H2,1H3,(H,18,20)(H,19,21). The molecule has 1 atom stereocenters. The Kier molecular flexibility index (Phi) is 4.14. The van der Waals surface area contributed by atoms with E-state index in [4.69, 9.17) is 9.47 Å². The van der Waals surface area contributed by atoms with Crippen LogP contribution < -0.4 is 20.1 Å². The smallest absolute Gasteiger partial charge is 0.267 e. The number of ether oxygens (including phenoxy) is 2. The zero-order valence-corrected chi connectivity index (χ0v) is 12.5. The average Bonchev–Trinajstić information content (AvgIpc) is 2.59. The van der Waals surface area contributed by atoms with Crippen molar-refractivity contribution >= 4 is 17.5 Å². The molecule has 1 unspecified atom stereocenters. The van der Waals surface area contributed by atoms with Gasteiger partial charge in [-0.2, -0.15) is 0 Å². The molecule has 2 amide bonds. The molecule has 23 heavy (non-hydrogen) atoms. The third kappa shape index (κ3) is 3.11. The Hall–Kier alpha value is -3.02. The van der Waals surface area contributed by atoms with Gasteiger partial charge in [-0.15, -0.1) is 0 Å². The van der Waals surface area contributed by atoms with Gasteiger partial charge in [0, 0.05) is 0 Å². The molecule has 0 bridgehead atoms. The topological polar surface area (TPSA) is 76.7 Å². The number of fused-ring (bicyclic) bond motifs is 1. The van der Waals surface area contributed by atoms with Gasteiger partial charge >= 0.3 is 0 Å². The average molecular weight is 312 g/mol. The second kappa shape index (κ2) is 6.39. The summed E-state index contributed by atoms with van der Waals surface area (Å²) in [5.41, 5.74) is 1.04. The number of amides is 2. The van der Waals surface area contributed by atoms with Gasteiger partial charge in [0.15, 0.2) is 6.10 Å². The number of hydrogen-bond acceptors (Lipinski definition) is 4. The van der Waals surface area contributed by atoms with Crippen LogP contribution in [0.15, 0.2) is 48.5 Å². The molecule has 0 aliphatic carbocycles. The van der Waals surface area contributed by atoms with Gasteiger partial charge in [0.25, 0.3) is 11.8 Å². The fourth-order valence-corrected chi connectivity index (χ4v) is 2.34. The first-order valence-electron chi connectivity index (χ1n) is 7.17. The summed E-state index contributed by atoms with van der Waals surface area (Å²) in [6.45, 7) is 0.0665. The summed E-state index contributed by atoms with van der Waals surface area (Å²) in [4.78, 5) is 24.3. The molecule has 118 valence electrons. The molecule has 1 aliphatic rings. The van der Waals surface area contributed by atoms with Crippen molar-refractivity contribution in [2.24, 2.45) is 0 Å². The van der Waals surface area contributed by atoms with Crippen LogP contribution in [0.25, 0.3) is 0 Å². The SMILES string of the molecule is COc1ccccc1C(=O)NCC1Oc2ccccc2NC1=O. The van der Waals surface area contributed by atoms with Crippen molar-refractivity contribution in [2.45, 2.75) is 6.10 Å². The maximum Gasteiger partial charge on any atom is 0.267 e. The van der Waals surface area contributed by atoms with Gasteiger partial charge in [-0.25, -0.2) is 0 Å². The molecular formula is C17H16N2O4. The zero-order chi connectivity index (χ0) is 16.2. The Balaban J connectivity index is 1.67. The number of anilines is 1. The Labute approximate surface area is 133 Å². The van der Waals surface area contributed by atoms with Crippen molar-refractivity contribution in [1.82, 2.24) is 5.32 Å². The Morgan fingerprint density at radius 3 is 2.78 bits per heavy atom. The second-order valence-electron chi connectivity index (χ2n) is 5.00. The number of carbonyl (C=O) groups excluding carboxylic acids is 2. The number of rotatable bonds is 4. The van der Waals surface area contributed by atoms with Gasteiger partial charge in [0.1, 0.15) is 11.5 Å².